The van der Waals surface area contributed by atoms with E-state index in [0.717, 1.165) is 0 Å². The minimum atomic E-state index is -3.52. The van der Waals surface area contributed by atoms with Crippen molar-refractivity contribution in [1.82, 2.24) is 4.31 Å². The number of sulfonamides is 1. The van der Waals surface area contributed by atoms with E-state index in [4.69, 9.17) is 4.74 Å². The molecule has 6 heteroatoms. The lowest BCUT2D eigenvalue weighted by atomic mass is 10.0. The molecule has 0 aliphatic carbocycles. The van der Waals surface area contributed by atoms with E-state index in [-0.39, 0.29) is 11.5 Å². The maximum Gasteiger partial charge on any atom is 0.243 e. The smallest absolute Gasteiger partial charge is 0.243 e. The first-order valence-electron chi connectivity index (χ1n) is 7.18. The molecule has 0 radical (unpaired) electrons. The summed E-state index contributed by atoms with van der Waals surface area (Å²) in [6.45, 7) is 5.15. The Balaban J connectivity index is 2.40. The van der Waals surface area contributed by atoms with E-state index in [1.54, 1.807) is 22.5 Å². The molecule has 1 saturated heterocycles. The Morgan fingerprint density at radius 3 is 2.43 bits per heavy atom. The Morgan fingerprint density at radius 1 is 1.29 bits per heavy atom. The molecule has 2 atom stereocenters. The average molecular weight is 313 g/mol. The molecule has 21 heavy (non-hydrogen) atoms. The van der Waals surface area contributed by atoms with Crippen molar-refractivity contribution < 1.29 is 18.3 Å². The molecule has 1 aromatic carbocycles. The lowest BCUT2D eigenvalue weighted by Gasteiger charge is -2.19. The zero-order valence-corrected chi connectivity index (χ0v) is 13.6. The van der Waals surface area contributed by atoms with Gasteiger partial charge in [0.1, 0.15) is 5.75 Å². The van der Waals surface area contributed by atoms with E-state index in [1.807, 2.05) is 0 Å². The number of rotatable bonds is 5. The molecule has 5 nitrogen and oxygen atoms in total. The Morgan fingerprint density at radius 2 is 1.90 bits per heavy atom. The fourth-order valence-electron chi connectivity index (χ4n) is 2.66. The van der Waals surface area contributed by atoms with Gasteiger partial charge in [0.2, 0.25) is 10.0 Å². The van der Waals surface area contributed by atoms with Gasteiger partial charge in [0.25, 0.3) is 0 Å². The summed E-state index contributed by atoms with van der Waals surface area (Å²) in [5.74, 6) is 1.32. The molecule has 0 spiro atoms. The average Bonchev–Trinajstić information content (AvgIpc) is 2.79. The number of aliphatic hydroxyl groups excluding tert-OH is 1. The van der Waals surface area contributed by atoms with Crippen molar-refractivity contribution in [2.45, 2.75) is 25.2 Å². The fraction of sp³-hybridized carbons (Fsp3) is 0.600. The molecule has 1 heterocycles. The van der Waals surface area contributed by atoms with Crippen LogP contribution in [0.2, 0.25) is 0 Å². The molecule has 0 amide bonds. The zero-order chi connectivity index (χ0) is 15.6. The van der Waals surface area contributed by atoms with Gasteiger partial charge in [-0.05, 0) is 42.0 Å². The van der Waals surface area contributed by atoms with Crippen molar-refractivity contribution in [2.75, 3.05) is 26.8 Å². The van der Waals surface area contributed by atoms with Gasteiger partial charge in [-0.3, -0.25) is 0 Å². The van der Waals surface area contributed by atoms with Crippen molar-refractivity contribution >= 4 is 10.0 Å². The number of hydrogen-bond donors (Lipinski definition) is 1. The van der Waals surface area contributed by atoms with Crippen LogP contribution in [0.1, 0.15) is 19.4 Å². The summed E-state index contributed by atoms with van der Waals surface area (Å²) in [4.78, 5) is 0.277. The highest BCUT2D eigenvalue weighted by molar-refractivity contribution is 7.89. The van der Waals surface area contributed by atoms with Gasteiger partial charge in [-0.15, -0.1) is 0 Å². The Bertz CT molecular complexity index is 590. The number of hydrogen-bond acceptors (Lipinski definition) is 4. The van der Waals surface area contributed by atoms with Crippen molar-refractivity contribution in [3.05, 3.63) is 23.8 Å². The molecule has 1 aliphatic heterocycles. The second-order valence-corrected chi connectivity index (χ2v) is 7.63. The van der Waals surface area contributed by atoms with Gasteiger partial charge in [-0.25, -0.2) is 8.42 Å². The SMILES string of the molecule is COc1ccc(S(=O)(=O)N2CC(C)C(C)C2)c(CCO)c1. The quantitative estimate of drug-likeness (QED) is 0.895. The molecule has 1 aliphatic rings. The maximum atomic E-state index is 12.8. The third-order valence-corrected chi connectivity index (χ3v) is 6.15. The molecule has 0 aromatic heterocycles. The number of methoxy groups -OCH3 is 1. The van der Waals surface area contributed by atoms with Crippen LogP contribution in [-0.4, -0.2) is 44.6 Å². The van der Waals surface area contributed by atoms with Crippen LogP contribution in [-0.2, 0) is 16.4 Å². The predicted molar refractivity (Wildman–Crippen MR) is 80.9 cm³/mol. The second-order valence-electron chi connectivity index (χ2n) is 5.72. The lowest BCUT2D eigenvalue weighted by Crippen LogP contribution is -2.30. The van der Waals surface area contributed by atoms with Crippen LogP contribution in [0.25, 0.3) is 0 Å². The third kappa shape index (κ3) is 3.22. The summed E-state index contributed by atoms with van der Waals surface area (Å²) in [6, 6.07) is 4.91. The first-order chi connectivity index (χ1) is 9.90. The fourth-order valence-corrected chi connectivity index (χ4v) is 4.54. The zero-order valence-electron chi connectivity index (χ0n) is 12.7. The summed E-state index contributed by atoms with van der Waals surface area (Å²) in [7, 11) is -1.98. The van der Waals surface area contributed by atoms with E-state index in [9.17, 15) is 13.5 Å². The minimum Gasteiger partial charge on any atom is -0.497 e. The summed E-state index contributed by atoms with van der Waals surface area (Å²) in [5.41, 5.74) is 0.601. The van der Waals surface area contributed by atoms with E-state index in [2.05, 4.69) is 13.8 Å². The Labute approximate surface area is 126 Å². The van der Waals surface area contributed by atoms with Crippen LogP contribution >= 0.6 is 0 Å². The van der Waals surface area contributed by atoms with Crippen LogP contribution in [0.3, 0.4) is 0 Å². The number of nitrogens with zero attached hydrogens (tertiary/aromatic N) is 1. The van der Waals surface area contributed by atoms with E-state index >= 15 is 0 Å². The normalized spacial score (nSPS) is 23.4. The predicted octanol–water partition coefficient (Wildman–Crippen LogP) is 1.51. The number of ether oxygens (including phenoxy) is 1. The van der Waals surface area contributed by atoms with E-state index in [0.29, 0.717) is 42.7 Å². The highest BCUT2D eigenvalue weighted by Crippen LogP contribution is 2.31. The van der Waals surface area contributed by atoms with E-state index in [1.165, 1.54) is 7.11 Å². The van der Waals surface area contributed by atoms with Crippen LogP contribution < -0.4 is 4.74 Å². The van der Waals surface area contributed by atoms with Gasteiger partial charge in [0.15, 0.2) is 0 Å². The van der Waals surface area contributed by atoms with Crippen molar-refractivity contribution in [3.8, 4) is 5.75 Å². The van der Waals surface area contributed by atoms with Gasteiger partial charge in [0.05, 0.1) is 12.0 Å². The molecule has 0 saturated carbocycles. The second kappa shape index (κ2) is 6.34. The molecular formula is C15H23NO4S. The van der Waals surface area contributed by atoms with Crippen LogP contribution in [0.5, 0.6) is 5.75 Å². The van der Waals surface area contributed by atoms with Crippen molar-refractivity contribution in [1.29, 1.82) is 0 Å². The van der Waals surface area contributed by atoms with Gasteiger partial charge in [-0.1, -0.05) is 13.8 Å². The van der Waals surface area contributed by atoms with Gasteiger partial charge in [0, 0.05) is 19.7 Å². The van der Waals surface area contributed by atoms with Gasteiger partial charge in [-0.2, -0.15) is 4.31 Å². The molecule has 1 N–H and O–H groups in total. The monoisotopic (exact) mass is 313 g/mol. The topological polar surface area (TPSA) is 66.8 Å². The van der Waals surface area contributed by atoms with Crippen LogP contribution in [0.15, 0.2) is 23.1 Å². The number of benzene rings is 1. The van der Waals surface area contributed by atoms with Crippen LogP contribution in [0.4, 0.5) is 0 Å². The lowest BCUT2D eigenvalue weighted by molar-refractivity contribution is 0.298. The summed E-state index contributed by atoms with van der Waals surface area (Å²) in [5, 5.41) is 9.17. The highest BCUT2D eigenvalue weighted by Gasteiger charge is 2.35. The first kappa shape index (κ1) is 16.3. The molecule has 118 valence electrons. The minimum absolute atomic E-state index is 0.0947. The van der Waals surface area contributed by atoms with E-state index < -0.39 is 10.0 Å². The molecule has 1 aromatic rings. The molecular weight excluding hydrogens is 290 g/mol. The first-order valence-corrected chi connectivity index (χ1v) is 8.62. The molecule has 1 fully saturated rings. The molecule has 2 unspecified atom stereocenters. The number of aliphatic hydroxyl groups is 1. The molecule has 0 bridgehead atoms. The van der Waals surface area contributed by atoms with Crippen molar-refractivity contribution in [3.63, 3.8) is 0 Å². The van der Waals surface area contributed by atoms with Gasteiger partial charge < -0.3 is 9.84 Å². The third-order valence-electron chi connectivity index (χ3n) is 4.22. The summed E-state index contributed by atoms with van der Waals surface area (Å²) in [6.07, 6.45) is 0.296. The maximum absolute atomic E-state index is 12.8. The largest absolute Gasteiger partial charge is 0.497 e. The summed E-state index contributed by atoms with van der Waals surface area (Å²) < 4.78 is 32.3. The van der Waals surface area contributed by atoms with Crippen LogP contribution in [0, 0.1) is 11.8 Å². The van der Waals surface area contributed by atoms with Gasteiger partial charge >= 0.3 is 0 Å². The Hall–Kier alpha value is -1.11. The standard InChI is InChI=1S/C15H23NO4S/c1-11-9-16(10-12(11)2)21(18,19)15-5-4-14(20-3)8-13(15)6-7-17/h4-5,8,11-12,17H,6-7,9-10H2,1-3H3. The van der Waals surface area contributed by atoms with Crippen molar-refractivity contribution in [2.24, 2.45) is 11.8 Å². The summed E-state index contributed by atoms with van der Waals surface area (Å²) >= 11 is 0. The molecule has 2 rings (SSSR count). The Kier molecular flexibility index (Phi) is 4.91. The highest BCUT2D eigenvalue weighted by atomic mass is 32.2.